The number of nitrogens with zero attached hydrogens (tertiary/aromatic N) is 2. The number of hydrogen-bond acceptors (Lipinski definition) is 2. The number of hydrogen-bond donors (Lipinski definition) is 0. The molecule has 4 nitrogen and oxygen atoms in total. The van der Waals surface area contributed by atoms with Crippen molar-refractivity contribution in [1.29, 1.82) is 0 Å². The molecule has 4 heteroatoms. The molecule has 0 bridgehead atoms. The molecule has 132 valence electrons. The second-order valence-corrected chi connectivity index (χ2v) is 6.36. The third kappa shape index (κ3) is 2.41. The van der Waals surface area contributed by atoms with Crippen LogP contribution in [0.4, 0.5) is 0 Å². The van der Waals surface area contributed by atoms with E-state index in [9.17, 15) is 4.79 Å². The van der Waals surface area contributed by atoms with E-state index in [2.05, 4.69) is 35.1 Å². The number of carbonyl (C=O) groups excluding carboxylic acids is 1. The third-order valence-corrected chi connectivity index (χ3v) is 5.02. The van der Waals surface area contributed by atoms with Gasteiger partial charge in [-0.05, 0) is 50.2 Å². The van der Waals surface area contributed by atoms with Crippen LogP contribution < -0.4 is 4.74 Å². The molecule has 2 aromatic carbocycles. The summed E-state index contributed by atoms with van der Waals surface area (Å²) < 4.78 is 9.50. The monoisotopic (exact) mass is 346 g/mol. The Labute approximate surface area is 152 Å². The molecule has 0 N–H and O–H groups in total. The maximum atomic E-state index is 13.4. The normalized spacial score (nSPS) is 11.3. The first-order valence-corrected chi connectivity index (χ1v) is 8.98. The first-order valence-electron chi connectivity index (χ1n) is 8.98. The molecule has 0 radical (unpaired) electrons. The van der Waals surface area contributed by atoms with E-state index in [1.165, 1.54) is 0 Å². The van der Waals surface area contributed by atoms with Gasteiger partial charge in [-0.3, -0.25) is 4.79 Å². The Kier molecular flexibility index (Phi) is 4.03. The average Bonchev–Trinajstić information content (AvgIpc) is 3.24. The fourth-order valence-corrected chi connectivity index (χ4v) is 3.78. The van der Waals surface area contributed by atoms with Crippen LogP contribution in [0.15, 0.2) is 54.6 Å². The Morgan fingerprint density at radius 3 is 2.12 bits per heavy atom. The Bertz CT molecular complexity index is 1120. The summed E-state index contributed by atoms with van der Waals surface area (Å²) in [4.78, 5) is 13.4. The molecule has 0 aliphatic carbocycles. The highest BCUT2D eigenvalue weighted by molar-refractivity contribution is 6.12. The molecule has 0 unspecified atom stereocenters. The minimum Gasteiger partial charge on any atom is -0.497 e. The van der Waals surface area contributed by atoms with Crippen molar-refractivity contribution in [1.82, 2.24) is 9.13 Å². The van der Waals surface area contributed by atoms with E-state index in [1.54, 1.807) is 7.11 Å². The second-order valence-electron chi connectivity index (χ2n) is 6.36. The van der Waals surface area contributed by atoms with Gasteiger partial charge in [0.05, 0.1) is 18.5 Å². The van der Waals surface area contributed by atoms with E-state index in [4.69, 9.17) is 4.74 Å². The molecule has 4 aromatic rings. The van der Waals surface area contributed by atoms with Gasteiger partial charge in [-0.15, -0.1) is 0 Å². The summed E-state index contributed by atoms with van der Waals surface area (Å²) in [5, 5.41) is 2.12. The van der Waals surface area contributed by atoms with E-state index in [-0.39, 0.29) is 5.78 Å². The smallest absolute Gasteiger partial charge is 0.225 e. The quantitative estimate of drug-likeness (QED) is 0.483. The SMILES string of the molecule is CCn1c(C(=O)c2cc3cc(OC)ccc3n2CC)cc2ccccc21. The lowest BCUT2D eigenvalue weighted by Gasteiger charge is -2.10. The highest BCUT2D eigenvalue weighted by atomic mass is 16.5. The maximum absolute atomic E-state index is 13.4. The zero-order valence-electron chi connectivity index (χ0n) is 15.3. The summed E-state index contributed by atoms with van der Waals surface area (Å²) in [6.07, 6.45) is 0. The van der Waals surface area contributed by atoms with E-state index in [0.29, 0.717) is 5.69 Å². The number of para-hydroxylation sites is 1. The van der Waals surface area contributed by atoms with E-state index in [0.717, 1.165) is 46.3 Å². The highest BCUT2D eigenvalue weighted by Gasteiger charge is 2.21. The van der Waals surface area contributed by atoms with E-state index < -0.39 is 0 Å². The second kappa shape index (κ2) is 6.37. The Hall–Kier alpha value is -3.01. The van der Waals surface area contributed by atoms with Crippen molar-refractivity contribution in [2.24, 2.45) is 0 Å². The van der Waals surface area contributed by atoms with Gasteiger partial charge in [-0.1, -0.05) is 18.2 Å². The van der Waals surface area contributed by atoms with Crippen LogP contribution in [0.5, 0.6) is 5.75 Å². The van der Waals surface area contributed by atoms with Crippen molar-refractivity contribution >= 4 is 27.6 Å². The largest absolute Gasteiger partial charge is 0.497 e. The fourth-order valence-electron chi connectivity index (χ4n) is 3.78. The van der Waals surface area contributed by atoms with Crippen LogP contribution in [0, 0.1) is 0 Å². The lowest BCUT2D eigenvalue weighted by atomic mass is 10.2. The van der Waals surface area contributed by atoms with Gasteiger partial charge in [0.1, 0.15) is 5.75 Å². The summed E-state index contributed by atoms with van der Waals surface area (Å²) in [6, 6.07) is 18.0. The number of ether oxygens (including phenoxy) is 1. The molecule has 26 heavy (non-hydrogen) atoms. The predicted molar refractivity (Wildman–Crippen MR) is 105 cm³/mol. The molecule has 0 spiro atoms. The van der Waals surface area contributed by atoms with Crippen molar-refractivity contribution in [3.63, 3.8) is 0 Å². The third-order valence-electron chi connectivity index (χ3n) is 5.02. The van der Waals surface area contributed by atoms with Crippen molar-refractivity contribution in [3.05, 3.63) is 66.0 Å². The van der Waals surface area contributed by atoms with E-state index in [1.807, 2.05) is 42.5 Å². The van der Waals surface area contributed by atoms with Crippen molar-refractivity contribution in [3.8, 4) is 5.75 Å². The number of aryl methyl sites for hydroxylation is 2. The van der Waals surface area contributed by atoms with Crippen LogP contribution in [-0.4, -0.2) is 22.0 Å². The number of carbonyl (C=O) groups is 1. The molecular weight excluding hydrogens is 324 g/mol. The molecule has 0 aliphatic heterocycles. The Morgan fingerprint density at radius 1 is 0.846 bits per heavy atom. The van der Waals surface area contributed by atoms with Gasteiger partial charge >= 0.3 is 0 Å². The topological polar surface area (TPSA) is 36.2 Å². The number of aromatic nitrogens is 2. The van der Waals surface area contributed by atoms with Crippen LogP contribution in [0.25, 0.3) is 21.8 Å². The van der Waals surface area contributed by atoms with Crippen molar-refractivity contribution in [2.75, 3.05) is 7.11 Å². The molecule has 2 heterocycles. The fraction of sp³-hybridized carbons (Fsp3) is 0.227. The summed E-state index contributed by atoms with van der Waals surface area (Å²) in [6.45, 7) is 5.64. The summed E-state index contributed by atoms with van der Waals surface area (Å²) >= 11 is 0. The number of ketones is 1. The zero-order chi connectivity index (χ0) is 18.3. The Morgan fingerprint density at radius 2 is 1.46 bits per heavy atom. The summed E-state index contributed by atoms with van der Waals surface area (Å²) in [7, 11) is 1.66. The molecule has 0 atom stereocenters. The maximum Gasteiger partial charge on any atom is 0.225 e. The molecule has 0 aliphatic rings. The zero-order valence-corrected chi connectivity index (χ0v) is 15.3. The van der Waals surface area contributed by atoms with Crippen LogP contribution in [0.1, 0.15) is 30.0 Å². The van der Waals surface area contributed by atoms with Gasteiger partial charge in [-0.2, -0.15) is 0 Å². The van der Waals surface area contributed by atoms with Crippen molar-refractivity contribution < 1.29 is 9.53 Å². The standard InChI is InChI=1S/C22H22N2O2/c1-4-23-18-9-7-6-8-15(18)13-20(23)22(25)21-14-16-12-17(26-3)10-11-19(16)24(21)5-2/h6-14H,4-5H2,1-3H3. The minimum atomic E-state index is 0.0556. The van der Waals surface area contributed by atoms with Crippen LogP contribution in [0.2, 0.25) is 0 Å². The molecule has 0 saturated heterocycles. The van der Waals surface area contributed by atoms with Gasteiger partial charge in [-0.25, -0.2) is 0 Å². The highest BCUT2D eigenvalue weighted by Crippen LogP contribution is 2.28. The predicted octanol–water partition coefficient (Wildman–Crippen LogP) is 4.88. The van der Waals surface area contributed by atoms with Crippen molar-refractivity contribution in [2.45, 2.75) is 26.9 Å². The molecule has 0 saturated carbocycles. The van der Waals surface area contributed by atoms with Gasteiger partial charge < -0.3 is 13.9 Å². The molecule has 4 rings (SSSR count). The molecule has 0 amide bonds. The summed E-state index contributed by atoms with van der Waals surface area (Å²) in [5.41, 5.74) is 3.60. The summed E-state index contributed by atoms with van der Waals surface area (Å²) in [5.74, 6) is 0.854. The van der Waals surface area contributed by atoms with Gasteiger partial charge in [0.2, 0.25) is 5.78 Å². The van der Waals surface area contributed by atoms with Gasteiger partial charge in [0.15, 0.2) is 0 Å². The molecule has 0 fully saturated rings. The number of fused-ring (bicyclic) bond motifs is 2. The minimum absolute atomic E-state index is 0.0556. The number of benzene rings is 2. The lowest BCUT2D eigenvalue weighted by Crippen LogP contribution is -2.13. The van der Waals surface area contributed by atoms with E-state index >= 15 is 0 Å². The van der Waals surface area contributed by atoms with Gasteiger partial charge in [0, 0.05) is 34.9 Å². The number of methoxy groups -OCH3 is 1. The van der Waals surface area contributed by atoms with Crippen LogP contribution in [0.3, 0.4) is 0 Å². The average molecular weight is 346 g/mol. The Balaban J connectivity index is 1.91. The molecular formula is C22H22N2O2. The lowest BCUT2D eigenvalue weighted by molar-refractivity contribution is 0.102. The first kappa shape index (κ1) is 16.5. The van der Waals surface area contributed by atoms with Crippen LogP contribution in [-0.2, 0) is 13.1 Å². The van der Waals surface area contributed by atoms with Crippen LogP contribution >= 0.6 is 0 Å². The van der Waals surface area contributed by atoms with Gasteiger partial charge in [0.25, 0.3) is 0 Å². The first-order chi connectivity index (χ1) is 12.7. The number of rotatable bonds is 5. The molecule has 2 aromatic heterocycles.